The van der Waals surface area contributed by atoms with Gasteiger partial charge in [-0.2, -0.15) is 0 Å². The van der Waals surface area contributed by atoms with Crippen molar-refractivity contribution >= 4 is 50.7 Å². The second kappa shape index (κ2) is 14.0. The van der Waals surface area contributed by atoms with Crippen LogP contribution in [-0.2, 0) is 26.2 Å². The number of benzene rings is 3. The predicted octanol–water partition coefficient (Wildman–Crippen LogP) is 5.97. The van der Waals surface area contributed by atoms with Crippen LogP contribution in [0.3, 0.4) is 0 Å². The maximum Gasteiger partial charge on any atom is 0.264 e. The van der Waals surface area contributed by atoms with Crippen LogP contribution in [0.25, 0.3) is 0 Å². The lowest BCUT2D eigenvalue weighted by molar-refractivity contribution is -0.139. The number of anilines is 1. The van der Waals surface area contributed by atoms with Crippen LogP contribution in [0.5, 0.6) is 0 Å². The van der Waals surface area contributed by atoms with Crippen LogP contribution in [0.15, 0.2) is 71.6 Å². The second-order valence-corrected chi connectivity index (χ2v) is 12.1. The van der Waals surface area contributed by atoms with Crippen molar-refractivity contribution in [3.05, 3.63) is 93.7 Å². The highest BCUT2D eigenvalue weighted by Crippen LogP contribution is 2.33. The lowest BCUT2D eigenvalue weighted by Gasteiger charge is -2.32. The van der Waals surface area contributed by atoms with Gasteiger partial charge in [0.05, 0.1) is 15.6 Å². The summed E-state index contributed by atoms with van der Waals surface area (Å²) in [5.41, 5.74) is 1.02. The van der Waals surface area contributed by atoms with Crippen LogP contribution in [0.4, 0.5) is 10.1 Å². The molecule has 11 heteroatoms. The molecular weight excluding hydrogens is 576 g/mol. The molecule has 0 bridgehead atoms. The number of hydrogen-bond donors (Lipinski definition) is 1. The van der Waals surface area contributed by atoms with E-state index in [1.165, 1.54) is 55.5 Å². The molecule has 1 N–H and O–H groups in total. The highest BCUT2D eigenvalue weighted by Gasteiger charge is 2.33. The molecule has 0 aliphatic rings. The van der Waals surface area contributed by atoms with E-state index in [1.807, 2.05) is 13.8 Å². The van der Waals surface area contributed by atoms with E-state index in [2.05, 4.69) is 5.32 Å². The first kappa shape index (κ1) is 31.4. The minimum Gasteiger partial charge on any atom is -0.354 e. The third-order valence-corrected chi connectivity index (χ3v) is 8.69. The fourth-order valence-corrected chi connectivity index (χ4v) is 5.82. The number of nitrogens with zero attached hydrogens (tertiary/aromatic N) is 2. The van der Waals surface area contributed by atoms with Crippen molar-refractivity contribution in [3.8, 4) is 0 Å². The summed E-state index contributed by atoms with van der Waals surface area (Å²) in [6.45, 7) is 4.76. The number of sulfonamides is 1. The van der Waals surface area contributed by atoms with Crippen LogP contribution < -0.4 is 9.62 Å². The zero-order valence-electron chi connectivity index (χ0n) is 22.5. The lowest BCUT2D eigenvalue weighted by atomic mass is 10.1. The Labute approximate surface area is 244 Å². The normalized spacial score (nSPS) is 12.1. The van der Waals surface area contributed by atoms with E-state index in [9.17, 15) is 22.4 Å². The average molecular weight is 609 g/mol. The highest BCUT2D eigenvalue weighted by atomic mass is 35.5. The molecule has 0 heterocycles. The first-order valence-electron chi connectivity index (χ1n) is 12.8. The van der Waals surface area contributed by atoms with Crippen LogP contribution in [0, 0.1) is 12.7 Å². The Morgan fingerprint density at radius 1 is 1.02 bits per heavy atom. The van der Waals surface area contributed by atoms with Crippen molar-refractivity contribution in [2.24, 2.45) is 0 Å². The van der Waals surface area contributed by atoms with Gasteiger partial charge in [0.2, 0.25) is 11.8 Å². The Kier molecular flexibility index (Phi) is 11.0. The third kappa shape index (κ3) is 7.74. The molecule has 7 nitrogen and oxygen atoms in total. The van der Waals surface area contributed by atoms with Crippen molar-refractivity contribution in [1.29, 1.82) is 0 Å². The summed E-state index contributed by atoms with van der Waals surface area (Å²) in [5.74, 6) is -1.72. The van der Waals surface area contributed by atoms with Gasteiger partial charge in [-0.05, 0) is 56.7 Å². The summed E-state index contributed by atoms with van der Waals surface area (Å²) in [5, 5.41) is 3.05. The van der Waals surface area contributed by atoms with Crippen molar-refractivity contribution in [2.75, 3.05) is 17.4 Å². The quantitative estimate of drug-likeness (QED) is 0.257. The van der Waals surface area contributed by atoms with E-state index in [4.69, 9.17) is 23.2 Å². The summed E-state index contributed by atoms with van der Waals surface area (Å²) >= 11 is 12.6. The Morgan fingerprint density at radius 3 is 2.35 bits per heavy atom. The van der Waals surface area contributed by atoms with Crippen LogP contribution in [0.2, 0.25) is 10.0 Å². The monoisotopic (exact) mass is 607 g/mol. The number of amides is 2. The zero-order chi connectivity index (χ0) is 29.4. The Hall–Kier alpha value is -3.14. The van der Waals surface area contributed by atoms with E-state index < -0.39 is 40.2 Å². The highest BCUT2D eigenvalue weighted by molar-refractivity contribution is 7.92. The average Bonchev–Trinajstić information content (AvgIpc) is 2.92. The Morgan fingerprint density at radius 2 is 1.70 bits per heavy atom. The largest absolute Gasteiger partial charge is 0.354 e. The minimum absolute atomic E-state index is 0.00557. The summed E-state index contributed by atoms with van der Waals surface area (Å²) in [4.78, 5) is 28.0. The second-order valence-electron chi connectivity index (χ2n) is 9.35. The maximum absolute atomic E-state index is 14.6. The molecule has 0 saturated carbocycles. The van der Waals surface area contributed by atoms with E-state index in [-0.39, 0.29) is 32.7 Å². The molecular formula is C29H32Cl2FN3O4S. The van der Waals surface area contributed by atoms with Gasteiger partial charge in [0.25, 0.3) is 10.0 Å². The molecule has 0 unspecified atom stereocenters. The topological polar surface area (TPSA) is 86.8 Å². The molecule has 1 atom stereocenters. The number of hydrogen-bond acceptors (Lipinski definition) is 4. The summed E-state index contributed by atoms with van der Waals surface area (Å²) in [6.07, 6.45) is 1.61. The number of nitrogens with one attached hydrogen (secondary N) is 1. The molecule has 3 aromatic carbocycles. The van der Waals surface area contributed by atoms with Crippen LogP contribution in [0.1, 0.15) is 37.8 Å². The Balaban J connectivity index is 2.05. The molecule has 3 rings (SSSR count). The number of halogens is 3. The first-order chi connectivity index (χ1) is 18.9. The number of unbranched alkanes of at least 4 members (excludes halogenated alkanes) is 1. The summed E-state index contributed by atoms with van der Waals surface area (Å²) < 4.78 is 43.2. The number of carbonyl (C=O) groups is 2. The van der Waals surface area contributed by atoms with Crippen LogP contribution >= 0.6 is 23.2 Å². The number of rotatable bonds is 12. The Bertz CT molecular complexity index is 1450. The molecule has 2 amide bonds. The van der Waals surface area contributed by atoms with Crippen molar-refractivity contribution in [2.45, 2.75) is 51.1 Å². The molecule has 0 saturated heterocycles. The van der Waals surface area contributed by atoms with Gasteiger partial charge in [0, 0.05) is 23.7 Å². The molecule has 0 radical (unpaired) electrons. The van der Waals surface area contributed by atoms with Crippen molar-refractivity contribution in [1.82, 2.24) is 10.2 Å². The van der Waals surface area contributed by atoms with Gasteiger partial charge in [-0.25, -0.2) is 12.8 Å². The van der Waals surface area contributed by atoms with Gasteiger partial charge in [-0.15, -0.1) is 0 Å². The molecule has 3 aromatic rings. The van der Waals surface area contributed by atoms with Gasteiger partial charge >= 0.3 is 0 Å². The summed E-state index contributed by atoms with van der Waals surface area (Å²) in [7, 11) is -4.32. The van der Waals surface area contributed by atoms with Gasteiger partial charge in [0.1, 0.15) is 18.4 Å². The molecule has 40 heavy (non-hydrogen) atoms. The van der Waals surface area contributed by atoms with Gasteiger partial charge in [-0.3, -0.25) is 13.9 Å². The lowest BCUT2D eigenvalue weighted by Crippen LogP contribution is -2.51. The summed E-state index contributed by atoms with van der Waals surface area (Å²) in [6, 6.07) is 15.3. The van der Waals surface area contributed by atoms with Gasteiger partial charge < -0.3 is 10.2 Å². The smallest absolute Gasteiger partial charge is 0.264 e. The third-order valence-electron chi connectivity index (χ3n) is 6.36. The van der Waals surface area contributed by atoms with E-state index >= 15 is 0 Å². The van der Waals surface area contributed by atoms with E-state index in [0.29, 0.717) is 6.54 Å². The van der Waals surface area contributed by atoms with Gasteiger partial charge in [0.15, 0.2) is 0 Å². The number of aryl methyl sites for hydroxylation is 1. The molecule has 0 aromatic heterocycles. The van der Waals surface area contributed by atoms with Gasteiger partial charge in [-0.1, -0.05) is 72.4 Å². The zero-order valence-corrected chi connectivity index (χ0v) is 24.9. The minimum atomic E-state index is -4.32. The molecule has 0 fully saturated rings. The standard InChI is InChI=1S/C29H32Cl2FN3O4S/c1-4-5-16-33-29(37)21(3)34(18-22-8-6-7-9-26(22)32)28(36)19-35(27-17-23(30)12-15-25(27)31)40(38,39)24-13-10-20(2)11-14-24/h6-15,17,21H,4-5,16,18-19H2,1-3H3,(H,33,37)/t21-/m1/s1. The number of carbonyl (C=O) groups excluding carboxylic acids is 2. The fraction of sp³-hybridized carbons (Fsp3) is 0.310. The molecule has 0 aliphatic heterocycles. The first-order valence-corrected chi connectivity index (χ1v) is 15.0. The van der Waals surface area contributed by atoms with Crippen molar-refractivity contribution in [3.63, 3.8) is 0 Å². The van der Waals surface area contributed by atoms with Crippen LogP contribution in [-0.4, -0.2) is 44.3 Å². The van der Waals surface area contributed by atoms with E-state index in [1.54, 1.807) is 18.2 Å². The fourth-order valence-electron chi connectivity index (χ4n) is 3.96. The van der Waals surface area contributed by atoms with E-state index in [0.717, 1.165) is 27.6 Å². The predicted molar refractivity (Wildman–Crippen MR) is 157 cm³/mol. The maximum atomic E-state index is 14.6. The molecule has 214 valence electrons. The van der Waals surface area contributed by atoms with Crippen molar-refractivity contribution < 1.29 is 22.4 Å². The molecule has 0 spiro atoms. The SMILES string of the molecule is CCCCNC(=O)[C@@H](C)N(Cc1ccccc1F)C(=O)CN(c1cc(Cl)ccc1Cl)S(=O)(=O)c1ccc(C)cc1. The molecule has 0 aliphatic carbocycles.